The van der Waals surface area contributed by atoms with Crippen molar-refractivity contribution in [1.82, 2.24) is 9.97 Å². The van der Waals surface area contributed by atoms with Crippen LogP contribution in [0.15, 0.2) is 23.0 Å². The predicted molar refractivity (Wildman–Crippen MR) is 68.6 cm³/mol. The number of nitrogens with zero attached hydrogens (tertiary/aromatic N) is 1. The Morgan fingerprint density at radius 2 is 2.26 bits per heavy atom. The lowest BCUT2D eigenvalue weighted by Gasteiger charge is -2.15. The normalized spacial score (nSPS) is 14.2. The van der Waals surface area contributed by atoms with Gasteiger partial charge in [0.2, 0.25) is 0 Å². The van der Waals surface area contributed by atoms with Gasteiger partial charge in [0.15, 0.2) is 0 Å². The number of halogens is 2. The van der Waals surface area contributed by atoms with Crippen molar-refractivity contribution in [2.24, 2.45) is 0 Å². The van der Waals surface area contributed by atoms with Crippen molar-refractivity contribution >= 4 is 11.6 Å². The molecule has 0 saturated heterocycles. The van der Waals surface area contributed by atoms with Crippen LogP contribution in [-0.4, -0.2) is 16.6 Å². The number of rotatable bonds is 1. The maximum atomic E-state index is 13.4. The van der Waals surface area contributed by atoms with Gasteiger partial charge in [-0.25, -0.2) is 9.37 Å². The van der Waals surface area contributed by atoms with Crippen LogP contribution < -0.4 is 5.56 Å². The van der Waals surface area contributed by atoms with E-state index in [-0.39, 0.29) is 17.2 Å². The van der Waals surface area contributed by atoms with Gasteiger partial charge in [-0.2, -0.15) is 0 Å². The third kappa shape index (κ3) is 2.27. The highest BCUT2D eigenvalue weighted by Gasteiger charge is 2.16. The monoisotopic (exact) mass is 280 g/mol. The van der Waals surface area contributed by atoms with Crippen LogP contribution in [0.2, 0.25) is 5.02 Å². The van der Waals surface area contributed by atoms with E-state index in [0.29, 0.717) is 35.7 Å². The highest BCUT2D eigenvalue weighted by atomic mass is 35.5. The Kier molecular flexibility index (Phi) is 3.08. The third-order valence-electron chi connectivity index (χ3n) is 3.02. The van der Waals surface area contributed by atoms with Crippen molar-refractivity contribution in [3.05, 3.63) is 50.7 Å². The van der Waals surface area contributed by atoms with Gasteiger partial charge >= 0.3 is 0 Å². The molecule has 98 valence electrons. The summed E-state index contributed by atoms with van der Waals surface area (Å²) in [6, 6.07) is 4.32. The van der Waals surface area contributed by atoms with Crippen LogP contribution in [-0.2, 0) is 17.8 Å². The zero-order chi connectivity index (χ0) is 13.4. The molecule has 1 aromatic heterocycles. The van der Waals surface area contributed by atoms with E-state index in [9.17, 15) is 9.18 Å². The lowest BCUT2D eigenvalue weighted by molar-refractivity contribution is 0.108. The second-order valence-electron chi connectivity index (χ2n) is 4.27. The van der Waals surface area contributed by atoms with Crippen molar-refractivity contribution in [1.29, 1.82) is 0 Å². The van der Waals surface area contributed by atoms with Crippen LogP contribution in [0.4, 0.5) is 4.39 Å². The number of H-pyrrole nitrogens is 1. The quantitative estimate of drug-likeness (QED) is 0.872. The summed E-state index contributed by atoms with van der Waals surface area (Å²) in [5, 5.41) is 0.0393. The number of hydrogen-bond donors (Lipinski definition) is 1. The zero-order valence-corrected chi connectivity index (χ0v) is 10.6. The first kappa shape index (κ1) is 12.3. The molecular weight excluding hydrogens is 271 g/mol. The average Bonchev–Trinajstić information content (AvgIpc) is 2.42. The van der Waals surface area contributed by atoms with E-state index in [1.165, 1.54) is 12.1 Å². The van der Waals surface area contributed by atoms with E-state index in [1.54, 1.807) is 6.07 Å². The van der Waals surface area contributed by atoms with E-state index < -0.39 is 5.82 Å². The number of fused-ring (bicyclic) bond motifs is 1. The Morgan fingerprint density at radius 3 is 3.05 bits per heavy atom. The molecule has 0 spiro atoms. The Bertz CT molecular complexity index is 700. The van der Waals surface area contributed by atoms with Crippen LogP contribution in [0.25, 0.3) is 11.4 Å². The smallest absolute Gasteiger partial charge is 0.256 e. The summed E-state index contributed by atoms with van der Waals surface area (Å²) >= 11 is 5.63. The van der Waals surface area contributed by atoms with Crippen molar-refractivity contribution < 1.29 is 9.13 Å². The molecule has 1 aromatic carbocycles. The lowest BCUT2D eigenvalue weighted by Crippen LogP contribution is -2.24. The Labute approximate surface area is 113 Å². The first-order valence-corrected chi connectivity index (χ1v) is 6.18. The summed E-state index contributed by atoms with van der Waals surface area (Å²) in [4.78, 5) is 18.9. The molecule has 3 rings (SSSR count). The minimum Gasteiger partial charge on any atom is -0.376 e. The van der Waals surface area contributed by atoms with Crippen LogP contribution in [0.5, 0.6) is 0 Å². The van der Waals surface area contributed by atoms with Crippen LogP contribution in [0, 0.1) is 5.82 Å². The van der Waals surface area contributed by atoms with E-state index >= 15 is 0 Å². The molecule has 0 unspecified atom stereocenters. The molecular formula is C13H10ClFN2O2. The van der Waals surface area contributed by atoms with Crippen LogP contribution >= 0.6 is 11.6 Å². The largest absolute Gasteiger partial charge is 0.376 e. The highest BCUT2D eigenvalue weighted by Crippen LogP contribution is 2.22. The molecule has 0 saturated carbocycles. The zero-order valence-electron chi connectivity index (χ0n) is 9.87. The van der Waals surface area contributed by atoms with Crippen molar-refractivity contribution in [2.75, 3.05) is 6.61 Å². The average molecular weight is 281 g/mol. The maximum Gasteiger partial charge on any atom is 0.256 e. The minimum absolute atomic E-state index is 0.0393. The molecule has 0 fully saturated rings. The standard InChI is InChI=1S/C13H10ClFN2O2/c14-9-2-1-7(5-10(9)15)12-16-11-3-4-19-6-8(11)13(18)17-12/h1-2,5H,3-4,6H2,(H,16,17,18). The van der Waals surface area contributed by atoms with Gasteiger partial charge in [-0.05, 0) is 18.2 Å². The SMILES string of the molecule is O=c1[nH]c(-c2ccc(Cl)c(F)c2)nc2c1COCC2. The number of benzene rings is 1. The fourth-order valence-electron chi connectivity index (χ4n) is 2.02. The van der Waals surface area contributed by atoms with Gasteiger partial charge in [-0.3, -0.25) is 4.79 Å². The molecule has 1 aliphatic rings. The number of aromatic amines is 1. The molecule has 0 aliphatic carbocycles. The highest BCUT2D eigenvalue weighted by molar-refractivity contribution is 6.30. The first-order valence-electron chi connectivity index (χ1n) is 5.80. The summed E-state index contributed by atoms with van der Waals surface area (Å²) < 4.78 is 18.7. The Morgan fingerprint density at radius 1 is 1.42 bits per heavy atom. The summed E-state index contributed by atoms with van der Waals surface area (Å²) in [5.74, 6) is -0.191. The van der Waals surface area contributed by atoms with E-state index in [0.717, 1.165) is 0 Å². The summed E-state index contributed by atoms with van der Waals surface area (Å²) in [7, 11) is 0. The second kappa shape index (κ2) is 4.75. The molecule has 0 bridgehead atoms. The van der Waals surface area contributed by atoms with Crippen molar-refractivity contribution in [3.8, 4) is 11.4 Å². The van der Waals surface area contributed by atoms with E-state index in [1.807, 2.05) is 0 Å². The number of ether oxygens (including phenoxy) is 1. The molecule has 1 N–H and O–H groups in total. The van der Waals surface area contributed by atoms with Crippen molar-refractivity contribution in [2.45, 2.75) is 13.0 Å². The molecule has 2 aromatic rings. The summed E-state index contributed by atoms with van der Waals surface area (Å²) in [5.41, 5.74) is 1.51. The molecule has 1 aliphatic heterocycles. The molecule has 4 nitrogen and oxygen atoms in total. The summed E-state index contributed by atoms with van der Waals surface area (Å²) in [6.45, 7) is 0.810. The fraction of sp³-hybridized carbons (Fsp3) is 0.231. The molecule has 6 heteroatoms. The first-order chi connectivity index (χ1) is 9.15. The third-order valence-corrected chi connectivity index (χ3v) is 3.33. The Balaban J connectivity index is 2.12. The van der Waals surface area contributed by atoms with Crippen molar-refractivity contribution in [3.63, 3.8) is 0 Å². The number of nitrogens with one attached hydrogen (secondary N) is 1. The van der Waals surface area contributed by atoms with Gasteiger partial charge in [0.05, 0.1) is 29.5 Å². The molecule has 0 atom stereocenters. The maximum absolute atomic E-state index is 13.4. The molecule has 0 radical (unpaired) electrons. The topological polar surface area (TPSA) is 55.0 Å². The van der Waals surface area contributed by atoms with Gasteiger partial charge in [-0.15, -0.1) is 0 Å². The van der Waals surface area contributed by atoms with Gasteiger partial charge < -0.3 is 9.72 Å². The predicted octanol–water partition coefficient (Wildman–Crippen LogP) is 2.30. The van der Waals surface area contributed by atoms with Gasteiger partial charge in [0.25, 0.3) is 5.56 Å². The van der Waals surface area contributed by atoms with E-state index in [2.05, 4.69) is 9.97 Å². The number of aromatic nitrogens is 2. The van der Waals surface area contributed by atoms with Crippen LogP contribution in [0.3, 0.4) is 0 Å². The van der Waals surface area contributed by atoms with E-state index in [4.69, 9.17) is 16.3 Å². The van der Waals surface area contributed by atoms with Gasteiger partial charge in [0.1, 0.15) is 11.6 Å². The molecule has 2 heterocycles. The number of hydrogen-bond acceptors (Lipinski definition) is 3. The lowest BCUT2D eigenvalue weighted by atomic mass is 10.1. The van der Waals surface area contributed by atoms with Gasteiger partial charge in [-0.1, -0.05) is 11.6 Å². The van der Waals surface area contributed by atoms with Crippen LogP contribution in [0.1, 0.15) is 11.3 Å². The second-order valence-corrected chi connectivity index (χ2v) is 4.68. The molecule has 0 amide bonds. The van der Waals surface area contributed by atoms with Gasteiger partial charge in [0, 0.05) is 12.0 Å². The minimum atomic E-state index is -0.539. The molecule has 19 heavy (non-hydrogen) atoms. The Hall–Kier alpha value is -1.72. The summed E-state index contributed by atoms with van der Waals surface area (Å²) in [6.07, 6.45) is 0.586. The fourth-order valence-corrected chi connectivity index (χ4v) is 2.14.